The van der Waals surface area contributed by atoms with Gasteiger partial charge < -0.3 is 10.1 Å². The van der Waals surface area contributed by atoms with Gasteiger partial charge in [0.2, 0.25) is 0 Å². The number of halogens is 1. The van der Waals surface area contributed by atoms with E-state index in [0.29, 0.717) is 24.3 Å². The van der Waals surface area contributed by atoms with Crippen LogP contribution in [0, 0.1) is 12.7 Å². The van der Waals surface area contributed by atoms with Crippen molar-refractivity contribution < 1.29 is 13.9 Å². The quantitative estimate of drug-likeness (QED) is 0.612. The fraction of sp³-hybridized carbons (Fsp3) is 0.320. The van der Waals surface area contributed by atoms with Gasteiger partial charge in [0.25, 0.3) is 5.91 Å². The van der Waals surface area contributed by atoms with E-state index >= 15 is 0 Å². The lowest BCUT2D eigenvalue weighted by Gasteiger charge is -2.16. The van der Waals surface area contributed by atoms with Crippen LogP contribution < -0.4 is 10.1 Å². The third-order valence-electron chi connectivity index (χ3n) is 5.76. The van der Waals surface area contributed by atoms with Crippen LogP contribution in [0.15, 0.2) is 54.7 Å². The average molecular weight is 435 g/mol. The summed E-state index contributed by atoms with van der Waals surface area (Å²) in [6.07, 6.45) is 2.56. The molecule has 0 spiro atoms. The molecule has 1 N–H and O–H groups in total. The summed E-state index contributed by atoms with van der Waals surface area (Å²) in [7, 11) is 1.62. The second kappa shape index (κ2) is 9.87. The molecule has 6 nitrogen and oxygen atoms in total. The van der Waals surface area contributed by atoms with Crippen molar-refractivity contribution in [3.8, 4) is 5.75 Å². The van der Waals surface area contributed by atoms with Crippen LogP contribution >= 0.6 is 0 Å². The molecule has 0 bridgehead atoms. The van der Waals surface area contributed by atoms with Crippen LogP contribution in [-0.4, -0.2) is 41.0 Å². The van der Waals surface area contributed by atoms with Gasteiger partial charge in [-0.3, -0.25) is 9.69 Å². The maximum atomic E-state index is 13.4. The zero-order chi connectivity index (χ0) is 22.5. The Morgan fingerprint density at radius 1 is 1.22 bits per heavy atom. The Morgan fingerprint density at radius 2 is 2.03 bits per heavy atom. The topological polar surface area (TPSA) is 67.3 Å². The molecule has 0 saturated carbocycles. The number of nitrogens with zero attached hydrogens (tertiary/aromatic N) is 3. The maximum absolute atomic E-state index is 13.4. The molecule has 166 valence electrons. The van der Waals surface area contributed by atoms with Gasteiger partial charge in [-0.25, -0.2) is 14.4 Å². The van der Waals surface area contributed by atoms with Crippen molar-refractivity contribution >= 4 is 5.91 Å². The van der Waals surface area contributed by atoms with Crippen LogP contribution in [0.4, 0.5) is 4.39 Å². The van der Waals surface area contributed by atoms with E-state index in [2.05, 4.69) is 20.2 Å². The molecule has 0 aliphatic carbocycles. The van der Waals surface area contributed by atoms with Crippen molar-refractivity contribution in [1.29, 1.82) is 0 Å². The standard InChI is InChI=1S/C25H27FN4O2/c1-17-23(25(31)28-13-18-5-4-8-22(12-18)32-2)14-27-24(29-17)20-9-10-30(16-20)15-19-6-3-7-21(26)11-19/h3-8,11-12,14,20H,9-10,13,15-16H2,1-2H3,(H,28,31). The molecule has 1 atom stereocenters. The Bertz CT molecular complexity index is 1100. The molecule has 1 fully saturated rings. The zero-order valence-electron chi connectivity index (χ0n) is 18.3. The number of benzene rings is 2. The second-order valence-corrected chi connectivity index (χ2v) is 8.11. The molecule has 2 aromatic carbocycles. The fourth-order valence-electron chi connectivity index (χ4n) is 4.05. The number of hydrogen-bond donors (Lipinski definition) is 1. The normalized spacial score (nSPS) is 16.2. The lowest BCUT2D eigenvalue weighted by atomic mass is 10.1. The molecule has 1 saturated heterocycles. The van der Waals surface area contributed by atoms with E-state index in [9.17, 15) is 9.18 Å². The van der Waals surface area contributed by atoms with Gasteiger partial charge in [-0.2, -0.15) is 0 Å². The van der Waals surface area contributed by atoms with Gasteiger partial charge in [0, 0.05) is 31.7 Å². The SMILES string of the molecule is COc1cccc(CNC(=O)c2cnc(C3CCN(Cc4cccc(F)c4)C3)nc2C)c1. The minimum atomic E-state index is -0.211. The van der Waals surface area contributed by atoms with Gasteiger partial charge in [-0.1, -0.05) is 24.3 Å². The molecule has 7 heteroatoms. The van der Waals surface area contributed by atoms with E-state index in [4.69, 9.17) is 4.74 Å². The van der Waals surface area contributed by atoms with E-state index in [0.717, 1.165) is 42.2 Å². The highest BCUT2D eigenvalue weighted by Crippen LogP contribution is 2.26. The lowest BCUT2D eigenvalue weighted by Crippen LogP contribution is -2.25. The Morgan fingerprint density at radius 3 is 2.81 bits per heavy atom. The number of likely N-dealkylation sites (tertiary alicyclic amines) is 1. The van der Waals surface area contributed by atoms with Gasteiger partial charge in [0.15, 0.2) is 0 Å². The van der Waals surface area contributed by atoms with Gasteiger partial charge >= 0.3 is 0 Å². The third kappa shape index (κ3) is 5.29. The Hall–Kier alpha value is -3.32. The van der Waals surface area contributed by atoms with E-state index in [1.165, 1.54) is 6.07 Å². The first kappa shape index (κ1) is 21.9. The Kier molecular flexibility index (Phi) is 6.75. The summed E-state index contributed by atoms with van der Waals surface area (Å²) in [5, 5.41) is 2.92. The molecule has 1 aliphatic heterocycles. The van der Waals surface area contributed by atoms with Gasteiger partial charge in [-0.15, -0.1) is 0 Å². The second-order valence-electron chi connectivity index (χ2n) is 8.11. The predicted molar refractivity (Wildman–Crippen MR) is 120 cm³/mol. The first-order valence-electron chi connectivity index (χ1n) is 10.7. The first-order chi connectivity index (χ1) is 15.5. The van der Waals surface area contributed by atoms with E-state index in [-0.39, 0.29) is 17.6 Å². The molecule has 3 aromatic rings. The van der Waals surface area contributed by atoms with Gasteiger partial charge in [0.05, 0.1) is 18.4 Å². The molecule has 0 radical (unpaired) electrons. The van der Waals surface area contributed by atoms with E-state index < -0.39 is 0 Å². The summed E-state index contributed by atoms with van der Waals surface area (Å²) in [5.41, 5.74) is 3.07. The molecular formula is C25H27FN4O2. The van der Waals surface area contributed by atoms with Crippen LogP contribution in [0.1, 0.15) is 45.3 Å². The number of rotatable bonds is 7. The number of methoxy groups -OCH3 is 1. The minimum absolute atomic E-state index is 0.198. The summed E-state index contributed by atoms with van der Waals surface area (Å²) >= 11 is 0. The van der Waals surface area contributed by atoms with Crippen molar-refractivity contribution in [3.63, 3.8) is 0 Å². The predicted octanol–water partition coefficient (Wildman–Crippen LogP) is 3.85. The Labute approximate surface area is 187 Å². The largest absolute Gasteiger partial charge is 0.497 e. The van der Waals surface area contributed by atoms with Gasteiger partial charge in [-0.05, 0) is 55.3 Å². The number of hydrogen-bond acceptors (Lipinski definition) is 5. The fourth-order valence-corrected chi connectivity index (χ4v) is 4.05. The summed E-state index contributed by atoms with van der Waals surface area (Å²) in [4.78, 5) is 24.1. The summed E-state index contributed by atoms with van der Waals surface area (Å²) in [6, 6.07) is 14.3. The van der Waals surface area contributed by atoms with E-state index in [1.54, 1.807) is 25.4 Å². The number of nitrogens with one attached hydrogen (secondary N) is 1. The van der Waals surface area contributed by atoms with Crippen molar-refractivity contribution in [2.75, 3.05) is 20.2 Å². The van der Waals surface area contributed by atoms with Crippen molar-refractivity contribution in [2.45, 2.75) is 32.4 Å². The van der Waals surface area contributed by atoms with Crippen molar-refractivity contribution in [2.24, 2.45) is 0 Å². The first-order valence-corrected chi connectivity index (χ1v) is 10.7. The molecule has 1 amide bonds. The molecule has 32 heavy (non-hydrogen) atoms. The molecule has 4 rings (SSSR count). The summed E-state index contributed by atoms with van der Waals surface area (Å²) in [6.45, 7) is 4.67. The molecule has 1 aliphatic rings. The Balaban J connectivity index is 1.36. The van der Waals surface area contributed by atoms with Crippen molar-refractivity contribution in [1.82, 2.24) is 20.2 Å². The van der Waals surface area contributed by atoms with Crippen molar-refractivity contribution in [3.05, 3.63) is 88.8 Å². The van der Waals surface area contributed by atoms with Gasteiger partial charge in [0.1, 0.15) is 17.4 Å². The molecular weight excluding hydrogens is 407 g/mol. The average Bonchev–Trinajstić information content (AvgIpc) is 3.26. The number of ether oxygens (including phenoxy) is 1. The molecule has 1 aromatic heterocycles. The molecule has 2 heterocycles. The smallest absolute Gasteiger partial charge is 0.254 e. The highest BCUT2D eigenvalue weighted by Gasteiger charge is 2.27. The minimum Gasteiger partial charge on any atom is -0.497 e. The van der Waals surface area contributed by atoms with Crippen LogP contribution in [0.3, 0.4) is 0 Å². The number of carbonyl (C=O) groups excluding carboxylic acids is 1. The van der Waals surface area contributed by atoms with Crippen LogP contribution in [0.5, 0.6) is 5.75 Å². The third-order valence-corrected chi connectivity index (χ3v) is 5.76. The number of amides is 1. The van der Waals surface area contributed by atoms with Crippen LogP contribution in [0.2, 0.25) is 0 Å². The van der Waals surface area contributed by atoms with E-state index in [1.807, 2.05) is 37.3 Å². The maximum Gasteiger partial charge on any atom is 0.254 e. The summed E-state index contributed by atoms with van der Waals surface area (Å²) < 4.78 is 18.7. The summed E-state index contributed by atoms with van der Waals surface area (Å²) in [5.74, 6) is 1.31. The zero-order valence-corrected chi connectivity index (χ0v) is 18.3. The monoisotopic (exact) mass is 434 g/mol. The highest BCUT2D eigenvalue weighted by atomic mass is 19.1. The lowest BCUT2D eigenvalue weighted by molar-refractivity contribution is 0.0949. The van der Waals surface area contributed by atoms with Crippen LogP contribution in [0.25, 0.3) is 0 Å². The number of aryl methyl sites for hydroxylation is 1. The number of aromatic nitrogens is 2. The van der Waals surface area contributed by atoms with Crippen LogP contribution in [-0.2, 0) is 13.1 Å². The number of carbonyl (C=O) groups is 1. The molecule has 1 unspecified atom stereocenters. The highest BCUT2D eigenvalue weighted by molar-refractivity contribution is 5.94.